The number of benzene rings is 1. The lowest BCUT2D eigenvalue weighted by Crippen LogP contribution is -2.36. The highest BCUT2D eigenvalue weighted by atomic mass is 79.9. The van der Waals surface area contributed by atoms with Crippen LogP contribution in [0.4, 0.5) is 0 Å². The number of amides is 1. The number of hydrogen-bond donors (Lipinski definition) is 1. The predicted molar refractivity (Wildman–Crippen MR) is 96.0 cm³/mol. The van der Waals surface area contributed by atoms with Crippen molar-refractivity contribution in [2.45, 2.75) is 45.6 Å². The Labute approximate surface area is 147 Å². The molecule has 0 heterocycles. The fraction of sp³-hybridized carbons (Fsp3) is 0.562. The van der Waals surface area contributed by atoms with Crippen molar-refractivity contribution < 1.29 is 13.2 Å². The van der Waals surface area contributed by atoms with E-state index in [1.165, 1.54) is 16.4 Å². The van der Waals surface area contributed by atoms with Crippen LogP contribution in [0.3, 0.4) is 0 Å². The molecule has 0 bridgehead atoms. The van der Waals surface area contributed by atoms with E-state index in [-0.39, 0.29) is 16.8 Å². The summed E-state index contributed by atoms with van der Waals surface area (Å²) in [5.41, 5.74) is 0.325. The first-order valence-electron chi connectivity index (χ1n) is 7.75. The molecular weight excluding hydrogens is 380 g/mol. The second-order valence-corrected chi connectivity index (χ2v) is 8.53. The fourth-order valence-electron chi connectivity index (χ4n) is 2.00. The van der Waals surface area contributed by atoms with Gasteiger partial charge in [-0.2, -0.15) is 4.31 Å². The van der Waals surface area contributed by atoms with E-state index in [0.717, 1.165) is 0 Å². The van der Waals surface area contributed by atoms with E-state index in [4.69, 9.17) is 0 Å². The number of nitrogens with zero attached hydrogens (tertiary/aromatic N) is 1. The summed E-state index contributed by atoms with van der Waals surface area (Å²) in [4.78, 5) is 12.6. The Morgan fingerprint density at radius 2 is 1.78 bits per heavy atom. The number of carbonyl (C=O) groups is 1. The van der Waals surface area contributed by atoms with Gasteiger partial charge in [-0.15, -0.1) is 0 Å². The Kier molecular flexibility index (Phi) is 7.23. The second-order valence-electron chi connectivity index (χ2n) is 5.74. The van der Waals surface area contributed by atoms with Gasteiger partial charge in [0, 0.05) is 23.6 Å². The highest BCUT2D eigenvalue weighted by Gasteiger charge is 2.24. The summed E-state index contributed by atoms with van der Waals surface area (Å²) in [6.07, 6.45) is 0. The largest absolute Gasteiger partial charge is 0.349 e. The van der Waals surface area contributed by atoms with Gasteiger partial charge in [0.15, 0.2) is 0 Å². The summed E-state index contributed by atoms with van der Waals surface area (Å²) < 4.78 is 27.1. The van der Waals surface area contributed by atoms with Crippen molar-refractivity contribution in [3.05, 3.63) is 28.2 Å². The Bertz CT molecular complexity index is 655. The SMILES string of the molecule is CCN(CC)S(=O)(=O)c1ccc(Br)c(C(=O)N[C@@H](C)C(C)C)c1. The van der Waals surface area contributed by atoms with Gasteiger partial charge >= 0.3 is 0 Å². The van der Waals surface area contributed by atoms with Crippen LogP contribution in [0.5, 0.6) is 0 Å². The van der Waals surface area contributed by atoms with Crippen molar-refractivity contribution in [3.63, 3.8) is 0 Å². The van der Waals surface area contributed by atoms with Gasteiger partial charge in [0.1, 0.15) is 0 Å². The van der Waals surface area contributed by atoms with Gasteiger partial charge in [0.25, 0.3) is 5.91 Å². The zero-order chi connectivity index (χ0) is 17.8. The summed E-state index contributed by atoms with van der Waals surface area (Å²) >= 11 is 3.33. The quantitative estimate of drug-likeness (QED) is 0.757. The molecular formula is C16H25BrN2O3S. The molecule has 1 aromatic rings. The minimum absolute atomic E-state index is 0.00237. The lowest BCUT2D eigenvalue weighted by Gasteiger charge is -2.20. The van der Waals surface area contributed by atoms with Crippen LogP contribution in [0.15, 0.2) is 27.6 Å². The molecule has 23 heavy (non-hydrogen) atoms. The van der Waals surface area contributed by atoms with Gasteiger partial charge in [0.2, 0.25) is 10.0 Å². The Morgan fingerprint density at radius 3 is 2.26 bits per heavy atom. The molecule has 0 radical (unpaired) electrons. The molecule has 0 fully saturated rings. The summed E-state index contributed by atoms with van der Waals surface area (Å²) in [6.45, 7) is 10.3. The van der Waals surface area contributed by atoms with E-state index in [0.29, 0.717) is 29.0 Å². The number of halogens is 1. The molecule has 0 aliphatic rings. The van der Waals surface area contributed by atoms with Crippen LogP contribution in [0, 0.1) is 5.92 Å². The van der Waals surface area contributed by atoms with Crippen molar-refractivity contribution in [2.24, 2.45) is 5.92 Å². The fourth-order valence-corrected chi connectivity index (χ4v) is 3.91. The smallest absolute Gasteiger partial charge is 0.252 e. The number of hydrogen-bond acceptors (Lipinski definition) is 3. The van der Waals surface area contributed by atoms with E-state index in [1.54, 1.807) is 19.9 Å². The van der Waals surface area contributed by atoms with Crippen molar-refractivity contribution in [3.8, 4) is 0 Å². The van der Waals surface area contributed by atoms with E-state index in [2.05, 4.69) is 21.2 Å². The third-order valence-electron chi connectivity index (χ3n) is 3.88. The maximum atomic E-state index is 12.6. The van der Waals surface area contributed by atoms with Crippen LogP contribution in [0.2, 0.25) is 0 Å². The van der Waals surface area contributed by atoms with Gasteiger partial charge in [-0.05, 0) is 47.0 Å². The topological polar surface area (TPSA) is 66.5 Å². The van der Waals surface area contributed by atoms with Gasteiger partial charge in [0.05, 0.1) is 10.5 Å². The molecule has 0 spiro atoms. The maximum absolute atomic E-state index is 12.6. The van der Waals surface area contributed by atoms with Gasteiger partial charge < -0.3 is 5.32 Å². The molecule has 1 N–H and O–H groups in total. The van der Waals surface area contributed by atoms with Crippen LogP contribution in [0.1, 0.15) is 45.0 Å². The molecule has 130 valence electrons. The minimum atomic E-state index is -3.59. The second kappa shape index (κ2) is 8.26. The maximum Gasteiger partial charge on any atom is 0.252 e. The first-order chi connectivity index (χ1) is 10.6. The number of carbonyl (C=O) groups excluding carboxylic acids is 1. The third-order valence-corrected chi connectivity index (χ3v) is 6.62. The molecule has 0 saturated heterocycles. The van der Waals surface area contributed by atoms with Crippen molar-refractivity contribution in [1.29, 1.82) is 0 Å². The summed E-state index contributed by atoms with van der Waals surface area (Å²) in [6, 6.07) is 4.55. The normalized spacial score (nSPS) is 13.4. The standard InChI is InChI=1S/C16H25BrN2O3S/c1-6-19(7-2)23(21,22)13-8-9-15(17)14(10-13)16(20)18-12(5)11(3)4/h8-12H,6-7H2,1-5H3,(H,18,20)/t12-/m0/s1. The average molecular weight is 405 g/mol. The summed E-state index contributed by atoms with van der Waals surface area (Å²) in [5.74, 6) is 0.00925. The Morgan fingerprint density at radius 1 is 1.22 bits per heavy atom. The minimum Gasteiger partial charge on any atom is -0.349 e. The molecule has 0 saturated carbocycles. The Hall–Kier alpha value is -0.920. The number of rotatable bonds is 7. The first kappa shape index (κ1) is 20.1. The van der Waals surface area contributed by atoms with Crippen molar-refractivity contribution >= 4 is 31.9 Å². The number of sulfonamides is 1. The van der Waals surface area contributed by atoms with Crippen molar-refractivity contribution in [1.82, 2.24) is 9.62 Å². The predicted octanol–water partition coefficient (Wildman–Crippen LogP) is 3.25. The molecule has 0 unspecified atom stereocenters. The lowest BCUT2D eigenvalue weighted by atomic mass is 10.1. The van der Waals surface area contributed by atoms with E-state index in [9.17, 15) is 13.2 Å². The monoisotopic (exact) mass is 404 g/mol. The molecule has 1 rings (SSSR count). The first-order valence-corrected chi connectivity index (χ1v) is 9.98. The molecule has 7 heteroatoms. The highest BCUT2D eigenvalue weighted by molar-refractivity contribution is 9.10. The molecule has 1 aromatic carbocycles. The lowest BCUT2D eigenvalue weighted by molar-refractivity contribution is 0.0929. The number of nitrogens with one attached hydrogen (secondary N) is 1. The Balaban J connectivity index is 3.21. The van der Waals surface area contributed by atoms with E-state index < -0.39 is 10.0 Å². The van der Waals surface area contributed by atoms with Gasteiger partial charge in [-0.1, -0.05) is 27.7 Å². The summed E-state index contributed by atoms with van der Waals surface area (Å²) in [5, 5.41) is 2.89. The van der Waals surface area contributed by atoms with Crippen LogP contribution >= 0.6 is 15.9 Å². The molecule has 0 aromatic heterocycles. The van der Waals surface area contributed by atoms with E-state index in [1.807, 2.05) is 20.8 Å². The van der Waals surface area contributed by atoms with Gasteiger partial charge in [-0.3, -0.25) is 4.79 Å². The van der Waals surface area contributed by atoms with Crippen LogP contribution in [-0.4, -0.2) is 37.8 Å². The summed E-state index contributed by atoms with van der Waals surface area (Å²) in [7, 11) is -3.59. The van der Waals surface area contributed by atoms with E-state index >= 15 is 0 Å². The highest BCUT2D eigenvalue weighted by Crippen LogP contribution is 2.23. The molecule has 1 amide bonds. The van der Waals surface area contributed by atoms with Gasteiger partial charge in [-0.25, -0.2) is 8.42 Å². The van der Waals surface area contributed by atoms with Crippen LogP contribution in [-0.2, 0) is 10.0 Å². The average Bonchev–Trinajstić information content (AvgIpc) is 2.48. The molecule has 0 aliphatic carbocycles. The molecule has 1 atom stereocenters. The molecule has 0 aliphatic heterocycles. The van der Waals surface area contributed by atoms with Crippen molar-refractivity contribution in [2.75, 3.05) is 13.1 Å². The van der Waals surface area contributed by atoms with Crippen LogP contribution < -0.4 is 5.32 Å². The zero-order valence-corrected chi connectivity index (χ0v) is 16.7. The molecule has 5 nitrogen and oxygen atoms in total. The third kappa shape index (κ3) is 4.78. The van der Waals surface area contributed by atoms with Crippen LogP contribution in [0.25, 0.3) is 0 Å². The zero-order valence-electron chi connectivity index (χ0n) is 14.3.